The van der Waals surface area contributed by atoms with Gasteiger partial charge in [0.25, 0.3) is 0 Å². The molecule has 4 nitrogen and oxygen atoms in total. The quantitative estimate of drug-likeness (QED) is 0.651. The van der Waals surface area contributed by atoms with E-state index in [9.17, 15) is 4.79 Å². The van der Waals surface area contributed by atoms with Crippen LogP contribution in [0.1, 0.15) is 31.1 Å². The summed E-state index contributed by atoms with van der Waals surface area (Å²) >= 11 is 0. The molecule has 1 aromatic rings. The molecule has 0 aliphatic carbocycles. The summed E-state index contributed by atoms with van der Waals surface area (Å²) in [6.07, 6.45) is 0. The van der Waals surface area contributed by atoms with Crippen molar-refractivity contribution in [2.24, 2.45) is 0 Å². The van der Waals surface area contributed by atoms with Gasteiger partial charge in [-0.2, -0.15) is 0 Å². The summed E-state index contributed by atoms with van der Waals surface area (Å²) in [5.74, 6) is 0.919. The van der Waals surface area contributed by atoms with Gasteiger partial charge in [-0.1, -0.05) is 0 Å². The maximum atomic E-state index is 12.3. The van der Waals surface area contributed by atoms with E-state index in [1.807, 2.05) is 31.2 Å². The molecule has 1 aromatic carbocycles. The lowest BCUT2D eigenvalue weighted by Crippen LogP contribution is -2.38. The highest BCUT2D eigenvalue weighted by atomic mass is 16.5. The molecule has 0 unspecified atom stereocenters. The van der Waals surface area contributed by atoms with Crippen LogP contribution in [-0.4, -0.2) is 50.1 Å². The summed E-state index contributed by atoms with van der Waals surface area (Å²) < 4.78 is 10.5. The second kappa shape index (κ2) is 8.72. The van der Waals surface area contributed by atoms with Crippen LogP contribution in [0.5, 0.6) is 5.75 Å². The summed E-state index contributed by atoms with van der Waals surface area (Å²) in [5, 5.41) is 0. The Morgan fingerprint density at radius 1 is 1.25 bits per heavy atom. The Bertz CT molecular complexity index is 401. The third-order valence-electron chi connectivity index (χ3n) is 3.15. The first-order chi connectivity index (χ1) is 9.58. The van der Waals surface area contributed by atoms with E-state index in [2.05, 4.69) is 18.7 Å². The number of nitrogens with zero attached hydrogens (tertiary/aromatic N) is 1. The predicted octanol–water partition coefficient (Wildman–Crippen LogP) is 2.62. The third kappa shape index (κ3) is 5.31. The van der Waals surface area contributed by atoms with Crippen LogP contribution in [0, 0.1) is 0 Å². The maximum absolute atomic E-state index is 12.3. The molecule has 0 atom stereocenters. The first-order valence-corrected chi connectivity index (χ1v) is 7.07. The highest BCUT2D eigenvalue weighted by Gasteiger charge is 2.15. The van der Waals surface area contributed by atoms with Gasteiger partial charge < -0.3 is 9.47 Å². The fraction of sp³-hybridized carbons (Fsp3) is 0.562. The van der Waals surface area contributed by atoms with Crippen molar-refractivity contribution in [1.82, 2.24) is 4.90 Å². The molecule has 20 heavy (non-hydrogen) atoms. The van der Waals surface area contributed by atoms with Gasteiger partial charge in [-0.25, -0.2) is 0 Å². The molecule has 0 aromatic heterocycles. The number of carbonyl (C=O) groups excluding carboxylic acids is 1. The SMILES string of the molecule is CCOc1ccc(C(=O)CN(CCOC)C(C)C)cc1. The largest absolute Gasteiger partial charge is 0.494 e. The minimum absolute atomic E-state index is 0.123. The molecule has 112 valence electrons. The van der Waals surface area contributed by atoms with E-state index in [0.717, 1.165) is 17.9 Å². The van der Waals surface area contributed by atoms with Gasteiger partial charge in [0, 0.05) is 25.3 Å². The zero-order chi connectivity index (χ0) is 15.0. The van der Waals surface area contributed by atoms with Gasteiger partial charge in [0.1, 0.15) is 5.75 Å². The number of hydrogen-bond donors (Lipinski definition) is 0. The van der Waals surface area contributed by atoms with Crippen LogP contribution < -0.4 is 4.74 Å². The Hall–Kier alpha value is -1.39. The molecular weight excluding hydrogens is 254 g/mol. The Kier molecular flexibility index (Phi) is 7.26. The van der Waals surface area contributed by atoms with Crippen LogP contribution in [0.4, 0.5) is 0 Å². The summed E-state index contributed by atoms with van der Waals surface area (Å²) in [7, 11) is 1.67. The van der Waals surface area contributed by atoms with Crippen LogP contribution in [0.2, 0.25) is 0 Å². The topological polar surface area (TPSA) is 38.8 Å². The number of rotatable bonds is 9. The lowest BCUT2D eigenvalue weighted by atomic mass is 10.1. The molecule has 0 spiro atoms. The average molecular weight is 279 g/mol. The van der Waals surface area contributed by atoms with Gasteiger partial charge in [-0.3, -0.25) is 9.69 Å². The van der Waals surface area contributed by atoms with Gasteiger partial charge in [-0.05, 0) is 45.0 Å². The second-order valence-electron chi connectivity index (χ2n) is 4.94. The summed E-state index contributed by atoms with van der Waals surface area (Å²) in [6, 6.07) is 7.64. The molecule has 0 amide bonds. The van der Waals surface area contributed by atoms with E-state index < -0.39 is 0 Å². The van der Waals surface area contributed by atoms with Gasteiger partial charge in [0.2, 0.25) is 0 Å². The van der Waals surface area contributed by atoms with Crippen LogP contribution in [0.3, 0.4) is 0 Å². The number of methoxy groups -OCH3 is 1. The molecule has 0 bridgehead atoms. The van der Waals surface area contributed by atoms with Crippen LogP contribution in [-0.2, 0) is 4.74 Å². The predicted molar refractivity (Wildman–Crippen MR) is 80.5 cm³/mol. The fourth-order valence-corrected chi connectivity index (χ4v) is 1.91. The highest BCUT2D eigenvalue weighted by molar-refractivity contribution is 5.97. The molecule has 0 saturated carbocycles. The number of hydrogen-bond acceptors (Lipinski definition) is 4. The van der Waals surface area contributed by atoms with E-state index in [1.54, 1.807) is 7.11 Å². The van der Waals surface area contributed by atoms with Crippen molar-refractivity contribution in [1.29, 1.82) is 0 Å². The number of ketones is 1. The fourth-order valence-electron chi connectivity index (χ4n) is 1.91. The summed E-state index contributed by atoms with van der Waals surface area (Å²) in [5.41, 5.74) is 0.719. The van der Waals surface area contributed by atoms with Crippen LogP contribution >= 0.6 is 0 Å². The van der Waals surface area contributed by atoms with E-state index in [1.165, 1.54) is 0 Å². The van der Waals surface area contributed by atoms with Crippen molar-refractivity contribution in [2.45, 2.75) is 26.8 Å². The van der Waals surface area contributed by atoms with Gasteiger partial charge in [0.15, 0.2) is 5.78 Å². The Morgan fingerprint density at radius 3 is 2.40 bits per heavy atom. The van der Waals surface area contributed by atoms with Gasteiger partial charge in [0.05, 0.1) is 19.8 Å². The molecule has 1 rings (SSSR count). The molecule has 0 aliphatic heterocycles. The van der Waals surface area contributed by atoms with Crippen molar-refractivity contribution in [3.8, 4) is 5.75 Å². The number of ether oxygens (including phenoxy) is 2. The summed E-state index contributed by atoms with van der Waals surface area (Å²) in [4.78, 5) is 14.4. The minimum Gasteiger partial charge on any atom is -0.494 e. The van der Waals surface area contributed by atoms with E-state index in [-0.39, 0.29) is 5.78 Å². The zero-order valence-corrected chi connectivity index (χ0v) is 12.9. The van der Waals surface area contributed by atoms with E-state index >= 15 is 0 Å². The average Bonchev–Trinajstić information content (AvgIpc) is 2.44. The monoisotopic (exact) mass is 279 g/mol. The van der Waals surface area contributed by atoms with Gasteiger partial charge >= 0.3 is 0 Å². The molecule has 4 heteroatoms. The van der Waals surface area contributed by atoms with Crippen molar-refractivity contribution in [3.63, 3.8) is 0 Å². The maximum Gasteiger partial charge on any atom is 0.176 e. The van der Waals surface area contributed by atoms with Crippen molar-refractivity contribution in [3.05, 3.63) is 29.8 Å². The Morgan fingerprint density at radius 2 is 1.90 bits per heavy atom. The van der Waals surface area contributed by atoms with E-state index in [4.69, 9.17) is 9.47 Å². The minimum atomic E-state index is 0.123. The number of Topliss-reactive ketones (excluding diaryl/α,β-unsaturated/α-hetero) is 1. The first kappa shape index (κ1) is 16.7. The Labute approximate surface area is 121 Å². The normalized spacial score (nSPS) is 11.1. The van der Waals surface area contributed by atoms with Crippen molar-refractivity contribution in [2.75, 3.05) is 33.4 Å². The van der Waals surface area contributed by atoms with Gasteiger partial charge in [-0.15, -0.1) is 0 Å². The lowest BCUT2D eigenvalue weighted by Gasteiger charge is -2.25. The number of benzene rings is 1. The molecule has 0 saturated heterocycles. The van der Waals surface area contributed by atoms with Crippen molar-refractivity contribution >= 4 is 5.78 Å². The first-order valence-electron chi connectivity index (χ1n) is 7.07. The van der Waals surface area contributed by atoms with Crippen molar-refractivity contribution < 1.29 is 14.3 Å². The smallest absolute Gasteiger partial charge is 0.176 e. The highest BCUT2D eigenvalue weighted by Crippen LogP contribution is 2.13. The van der Waals surface area contributed by atoms with Crippen LogP contribution in [0.25, 0.3) is 0 Å². The van der Waals surface area contributed by atoms with E-state index in [0.29, 0.717) is 25.8 Å². The Balaban J connectivity index is 2.63. The number of carbonyl (C=O) groups is 1. The molecule has 0 aliphatic rings. The van der Waals surface area contributed by atoms with Crippen LogP contribution in [0.15, 0.2) is 24.3 Å². The molecule has 0 N–H and O–H groups in total. The lowest BCUT2D eigenvalue weighted by molar-refractivity contribution is 0.0852. The molecule has 0 heterocycles. The molecular formula is C16H25NO3. The molecule has 0 fully saturated rings. The molecule has 0 radical (unpaired) electrons. The second-order valence-corrected chi connectivity index (χ2v) is 4.94. The standard InChI is InChI=1S/C16H25NO3/c1-5-20-15-8-6-14(7-9-15)16(18)12-17(13(2)3)10-11-19-4/h6-9,13H,5,10-12H2,1-4H3. The summed E-state index contributed by atoms with van der Waals surface area (Å²) in [6.45, 7) is 8.55. The third-order valence-corrected chi connectivity index (χ3v) is 3.15. The zero-order valence-electron chi connectivity index (χ0n) is 12.9.